The Labute approximate surface area is 155 Å². The number of hydrogen-bond acceptors (Lipinski definition) is 3. The van der Waals surface area contributed by atoms with Gasteiger partial charge in [-0.05, 0) is 50.2 Å². The fourth-order valence-electron chi connectivity index (χ4n) is 5.49. The molecule has 1 aliphatic heterocycles. The molecule has 2 saturated carbocycles. The first-order chi connectivity index (χ1) is 12.7. The van der Waals surface area contributed by atoms with Crippen LogP contribution >= 0.6 is 0 Å². The van der Waals surface area contributed by atoms with Gasteiger partial charge in [-0.1, -0.05) is 25.7 Å². The number of furan rings is 1. The molecule has 2 amide bonds. The number of carbonyl (C=O) groups excluding carboxylic acids is 2. The molecular weight excluding hydrogens is 328 g/mol. The van der Waals surface area contributed by atoms with Crippen LogP contribution in [0.3, 0.4) is 0 Å². The molecule has 0 bridgehead atoms. The van der Waals surface area contributed by atoms with Crippen molar-refractivity contribution in [1.29, 1.82) is 0 Å². The van der Waals surface area contributed by atoms with Crippen LogP contribution in [0.2, 0.25) is 0 Å². The average Bonchev–Trinajstić information content (AvgIpc) is 3.33. The fraction of sp³-hybridized carbons (Fsp3) is 0.714. The van der Waals surface area contributed by atoms with Crippen LogP contribution in [0, 0.1) is 11.3 Å². The summed E-state index contributed by atoms with van der Waals surface area (Å²) in [6.45, 7) is 1.57. The van der Waals surface area contributed by atoms with Crippen molar-refractivity contribution in [2.45, 2.75) is 70.3 Å². The van der Waals surface area contributed by atoms with Crippen LogP contribution in [0.15, 0.2) is 22.8 Å². The van der Waals surface area contributed by atoms with Gasteiger partial charge in [-0.2, -0.15) is 0 Å². The van der Waals surface area contributed by atoms with Crippen molar-refractivity contribution in [1.82, 2.24) is 10.2 Å². The molecule has 26 heavy (non-hydrogen) atoms. The van der Waals surface area contributed by atoms with E-state index in [1.165, 1.54) is 38.4 Å². The third kappa shape index (κ3) is 3.40. The normalized spacial score (nSPS) is 29.6. The maximum Gasteiger partial charge on any atom is 0.286 e. The lowest BCUT2D eigenvalue weighted by molar-refractivity contribution is -0.142. The molecule has 2 atom stereocenters. The van der Waals surface area contributed by atoms with Gasteiger partial charge in [0.25, 0.3) is 5.91 Å². The predicted molar refractivity (Wildman–Crippen MR) is 98.6 cm³/mol. The summed E-state index contributed by atoms with van der Waals surface area (Å²) in [6.07, 6.45) is 12.9. The van der Waals surface area contributed by atoms with Crippen LogP contribution in [-0.4, -0.2) is 35.8 Å². The Morgan fingerprint density at radius 2 is 2.04 bits per heavy atom. The van der Waals surface area contributed by atoms with Crippen molar-refractivity contribution in [3.8, 4) is 0 Å². The van der Waals surface area contributed by atoms with Crippen molar-refractivity contribution in [2.24, 2.45) is 11.3 Å². The van der Waals surface area contributed by atoms with E-state index in [-0.39, 0.29) is 11.3 Å². The fourth-order valence-corrected chi connectivity index (χ4v) is 5.49. The Kier molecular flexibility index (Phi) is 5.05. The van der Waals surface area contributed by atoms with Crippen LogP contribution in [0.5, 0.6) is 0 Å². The number of piperidine rings is 1. The highest BCUT2D eigenvalue weighted by Crippen LogP contribution is 2.48. The molecule has 0 spiro atoms. The third-order valence-electron chi connectivity index (χ3n) is 6.92. The van der Waals surface area contributed by atoms with E-state index >= 15 is 0 Å². The number of rotatable bonds is 5. The highest BCUT2D eigenvalue weighted by Gasteiger charge is 2.50. The number of carbonyl (C=O) groups is 2. The molecule has 1 saturated heterocycles. The van der Waals surface area contributed by atoms with E-state index in [1.807, 2.05) is 0 Å². The molecule has 1 aromatic rings. The van der Waals surface area contributed by atoms with Gasteiger partial charge in [0.2, 0.25) is 5.91 Å². The summed E-state index contributed by atoms with van der Waals surface area (Å²) in [4.78, 5) is 27.2. The number of amides is 2. The van der Waals surface area contributed by atoms with Crippen LogP contribution in [-0.2, 0) is 4.79 Å². The van der Waals surface area contributed by atoms with Gasteiger partial charge < -0.3 is 14.6 Å². The lowest BCUT2D eigenvalue weighted by atomic mass is 9.74. The Bertz CT molecular complexity index is 636. The van der Waals surface area contributed by atoms with Gasteiger partial charge in [0.1, 0.15) is 0 Å². The van der Waals surface area contributed by atoms with Gasteiger partial charge >= 0.3 is 0 Å². The largest absolute Gasteiger partial charge is 0.459 e. The van der Waals surface area contributed by atoms with Gasteiger partial charge in [0, 0.05) is 31.0 Å². The smallest absolute Gasteiger partial charge is 0.286 e. The molecule has 0 unspecified atom stereocenters. The van der Waals surface area contributed by atoms with E-state index in [0.717, 1.165) is 32.2 Å². The minimum atomic E-state index is -0.147. The predicted octanol–water partition coefficient (Wildman–Crippen LogP) is 3.75. The van der Waals surface area contributed by atoms with E-state index in [1.54, 1.807) is 12.1 Å². The number of nitrogens with one attached hydrogen (secondary N) is 1. The lowest BCUT2D eigenvalue weighted by Crippen LogP contribution is -2.57. The average molecular weight is 358 g/mol. The maximum atomic E-state index is 12.7. The van der Waals surface area contributed by atoms with Crippen molar-refractivity contribution >= 4 is 11.8 Å². The first-order valence-electron chi connectivity index (χ1n) is 10.3. The van der Waals surface area contributed by atoms with Crippen LogP contribution in [0.25, 0.3) is 0 Å². The van der Waals surface area contributed by atoms with Crippen molar-refractivity contribution in [2.75, 3.05) is 13.1 Å². The molecule has 0 aromatic carbocycles. The zero-order chi connectivity index (χ0) is 18.0. The molecule has 2 aliphatic carbocycles. The Balaban J connectivity index is 1.44. The minimum Gasteiger partial charge on any atom is -0.459 e. The number of fused-ring (bicyclic) bond motifs is 1. The van der Waals surface area contributed by atoms with E-state index in [0.29, 0.717) is 36.6 Å². The third-order valence-corrected chi connectivity index (χ3v) is 6.92. The lowest BCUT2D eigenvalue weighted by Gasteiger charge is -2.47. The summed E-state index contributed by atoms with van der Waals surface area (Å²) in [7, 11) is 0. The van der Waals surface area contributed by atoms with Gasteiger partial charge in [0.15, 0.2) is 5.76 Å². The molecule has 2 heterocycles. The van der Waals surface area contributed by atoms with E-state index in [2.05, 4.69) is 10.2 Å². The summed E-state index contributed by atoms with van der Waals surface area (Å²) >= 11 is 0. The first-order valence-corrected chi connectivity index (χ1v) is 10.3. The summed E-state index contributed by atoms with van der Waals surface area (Å²) in [5, 5.41) is 3.09. The Morgan fingerprint density at radius 3 is 2.81 bits per heavy atom. The Hall–Kier alpha value is -1.78. The van der Waals surface area contributed by atoms with Crippen LogP contribution in [0.1, 0.15) is 74.8 Å². The SMILES string of the molecule is O=C(NC[C@@]12CCC[C@H]1N(CC1CCCCC1)C(=O)CC2)c1ccco1. The van der Waals surface area contributed by atoms with Crippen molar-refractivity contribution < 1.29 is 14.0 Å². The van der Waals surface area contributed by atoms with Crippen LogP contribution in [0.4, 0.5) is 0 Å². The standard InChI is InChI=1S/C21H30N2O3/c24-19-10-12-21(15-22-20(25)17-8-5-13-26-17)11-4-9-18(21)23(19)14-16-6-2-1-3-7-16/h5,8,13,16,18H,1-4,6-7,9-12,14-15H2,(H,22,25)/t18-,21+/m1/s1. The van der Waals surface area contributed by atoms with Gasteiger partial charge in [-0.25, -0.2) is 0 Å². The second-order valence-electron chi connectivity index (χ2n) is 8.48. The Morgan fingerprint density at radius 1 is 1.19 bits per heavy atom. The van der Waals surface area contributed by atoms with Crippen molar-refractivity contribution in [3.63, 3.8) is 0 Å². The van der Waals surface area contributed by atoms with Gasteiger partial charge in [0.05, 0.1) is 6.26 Å². The molecule has 4 rings (SSSR count). The summed E-state index contributed by atoms with van der Waals surface area (Å²) < 4.78 is 5.21. The summed E-state index contributed by atoms with van der Waals surface area (Å²) in [5.41, 5.74) is 0.0465. The zero-order valence-electron chi connectivity index (χ0n) is 15.5. The number of hydrogen-bond donors (Lipinski definition) is 1. The maximum absolute atomic E-state index is 12.7. The van der Waals surface area contributed by atoms with Crippen molar-refractivity contribution in [3.05, 3.63) is 24.2 Å². The van der Waals surface area contributed by atoms with Gasteiger partial charge in [-0.3, -0.25) is 9.59 Å². The number of likely N-dealkylation sites (tertiary alicyclic amines) is 1. The minimum absolute atomic E-state index is 0.0465. The monoisotopic (exact) mass is 358 g/mol. The molecule has 0 radical (unpaired) electrons. The zero-order valence-corrected chi connectivity index (χ0v) is 15.5. The van der Waals surface area contributed by atoms with Crippen LogP contribution < -0.4 is 5.32 Å². The highest BCUT2D eigenvalue weighted by atomic mass is 16.3. The molecule has 142 valence electrons. The van der Waals surface area contributed by atoms with E-state index < -0.39 is 0 Å². The first kappa shape index (κ1) is 17.6. The quantitative estimate of drug-likeness (QED) is 0.872. The number of nitrogens with zero attached hydrogens (tertiary/aromatic N) is 1. The molecular formula is C21H30N2O3. The van der Waals surface area contributed by atoms with E-state index in [4.69, 9.17) is 4.42 Å². The molecule has 3 fully saturated rings. The summed E-state index contributed by atoms with van der Waals surface area (Å²) in [6, 6.07) is 3.72. The highest BCUT2D eigenvalue weighted by molar-refractivity contribution is 5.91. The molecule has 1 aromatic heterocycles. The van der Waals surface area contributed by atoms with E-state index in [9.17, 15) is 9.59 Å². The topological polar surface area (TPSA) is 62.6 Å². The molecule has 5 heteroatoms. The molecule has 3 aliphatic rings. The van der Waals surface area contributed by atoms with Gasteiger partial charge in [-0.15, -0.1) is 0 Å². The second kappa shape index (κ2) is 7.45. The molecule has 1 N–H and O–H groups in total. The molecule has 5 nitrogen and oxygen atoms in total. The second-order valence-corrected chi connectivity index (χ2v) is 8.48. The summed E-state index contributed by atoms with van der Waals surface area (Å²) in [5.74, 6) is 1.21.